The molecule has 1 aromatic heterocycles. The molecule has 20 heavy (non-hydrogen) atoms. The molecule has 8 heteroatoms. The number of amides is 1. The van der Waals surface area contributed by atoms with Crippen LogP contribution in [0.5, 0.6) is 0 Å². The molecule has 0 spiro atoms. The first-order valence-electron chi connectivity index (χ1n) is 5.15. The Labute approximate surface area is 160 Å². The molecule has 0 atom stereocenters. The van der Waals surface area contributed by atoms with Gasteiger partial charge >= 0.3 is 0 Å². The lowest BCUT2D eigenvalue weighted by Crippen LogP contribution is -2.15. The van der Waals surface area contributed by atoms with Crippen LogP contribution in [0.3, 0.4) is 0 Å². The Hall–Kier alpha value is 0.250. The average molecular weight is 628 g/mol. The molecule has 0 fully saturated rings. The number of carbonyl (C=O) groups is 1. The summed E-state index contributed by atoms with van der Waals surface area (Å²) in [4.78, 5) is 15.8. The number of rotatable bonds is 2. The molecule has 0 saturated heterocycles. The summed E-state index contributed by atoms with van der Waals surface area (Å²) in [5, 5.41) is 2.71. The van der Waals surface area contributed by atoms with E-state index in [9.17, 15) is 9.18 Å². The van der Waals surface area contributed by atoms with Gasteiger partial charge in [0.15, 0.2) is 0 Å². The van der Waals surface area contributed by atoms with Crippen molar-refractivity contribution in [2.75, 3.05) is 5.32 Å². The molecular formula is C12H5ClFI3N2O. The number of carbonyl (C=O) groups excluding carboxylic acids is 1. The topological polar surface area (TPSA) is 42.0 Å². The van der Waals surface area contributed by atoms with Crippen LogP contribution in [0.25, 0.3) is 0 Å². The second kappa shape index (κ2) is 7.01. The minimum absolute atomic E-state index is 0.0109. The zero-order valence-corrected chi connectivity index (χ0v) is 16.8. The fourth-order valence-corrected chi connectivity index (χ4v) is 5.47. The predicted molar refractivity (Wildman–Crippen MR) is 102 cm³/mol. The first-order chi connectivity index (χ1) is 9.38. The van der Waals surface area contributed by atoms with Crippen LogP contribution in [0.15, 0.2) is 24.4 Å². The summed E-state index contributed by atoms with van der Waals surface area (Å²) in [5.74, 6) is -1.09. The molecule has 1 N–H and O–H groups in total. The maximum Gasteiger partial charge on any atom is 0.258 e. The first-order valence-corrected chi connectivity index (χ1v) is 8.77. The number of benzene rings is 1. The van der Waals surface area contributed by atoms with Gasteiger partial charge in [-0.25, -0.2) is 9.37 Å². The van der Waals surface area contributed by atoms with Crippen molar-refractivity contribution in [2.45, 2.75) is 0 Å². The third-order valence-electron chi connectivity index (χ3n) is 2.30. The molecule has 3 nitrogen and oxygen atoms in total. The summed E-state index contributed by atoms with van der Waals surface area (Å²) >= 11 is 12.3. The van der Waals surface area contributed by atoms with Gasteiger partial charge in [0, 0.05) is 10.7 Å². The zero-order chi connectivity index (χ0) is 14.9. The van der Waals surface area contributed by atoms with Gasteiger partial charge in [0.05, 0.1) is 17.4 Å². The van der Waals surface area contributed by atoms with E-state index in [0.717, 1.165) is 23.0 Å². The highest BCUT2D eigenvalue weighted by atomic mass is 127. The predicted octanol–water partition coefficient (Wildman–Crippen LogP) is 4.94. The van der Waals surface area contributed by atoms with E-state index >= 15 is 0 Å². The van der Waals surface area contributed by atoms with Gasteiger partial charge in [-0.2, -0.15) is 0 Å². The van der Waals surface area contributed by atoms with E-state index in [1.807, 2.05) is 12.1 Å². The van der Waals surface area contributed by atoms with Crippen molar-refractivity contribution >= 4 is 91.0 Å². The monoisotopic (exact) mass is 628 g/mol. The summed E-state index contributed by atoms with van der Waals surface area (Å²) in [5.41, 5.74) is 0.689. The molecule has 0 bridgehead atoms. The van der Waals surface area contributed by atoms with E-state index in [2.05, 4.69) is 78.1 Å². The van der Waals surface area contributed by atoms with Crippen molar-refractivity contribution in [1.82, 2.24) is 4.98 Å². The van der Waals surface area contributed by atoms with Crippen molar-refractivity contribution in [3.8, 4) is 0 Å². The van der Waals surface area contributed by atoms with E-state index in [1.54, 1.807) is 0 Å². The van der Waals surface area contributed by atoms with E-state index in [0.29, 0.717) is 5.69 Å². The molecule has 0 aliphatic carbocycles. The Morgan fingerprint density at radius 2 is 1.80 bits per heavy atom. The Morgan fingerprint density at radius 3 is 2.40 bits per heavy atom. The van der Waals surface area contributed by atoms with Crippen molar-refractivity contribution in [3.63, 3.8) is 0 Å². The molecule has 1 heterocycles. The number of nitrogens with one attached hydrogen (secondary N) is 1. The molecule has 1 amide bonds. The lowest BCUT2D eigenvalue weighted by atomic mass is 10.2. The number of nitrogens with zero attached hydrogens (tertiary/aromatic N) is 1. The Balaban J connectivity index is 2.35. The average Bonchev–Trinajstić information content (AvgIpc) is 2.36. The molecule has 104 valence electrons. The fraction of sp³-hybridized carbons (Fsp3) is 0. The molecule has 0 aliphatic heterocycles. The maximum absolute atomic E-state index is 13.2. The number of anilines is 1. The second-order valence-electron chi connectivity index (χ2n) is 3.69. The van der Waals surface area contributed by atoms with Gasteiger partial charge < -0.3 is 5.32 Å². The summed E-state index contributed by atoms with van der Waals surface area (Å²) < 4.78 is 16.0. The van der Waals surface area contributed by atoms with Crippen molar-refractivity contribution < 1.29 is 9.18 Å². The minimum atomic E-state index is -0.605. The number of hydrogen-bond acceptors (Lipinski definition) is 2. The van der Waals surface area contributed by atoms with Gasteiger partial charge in [0.25, 0.3) is 5.91 Å². The van der Waals surface area contributed by atoms with E-state index in [4.69, 9.17) is 11.6 Å². The van der Waals surface area contributed by atoms with Crippen LogP contribution in [0.1, 0.15) is 10.4 Å². The van der Waals surface area contributed by atoms with E-state index in [1.165, 1.54) is 0 Å². The van der Waals surface area contributed by atoms with Crippen molar-refractivity contribution in [1.29, 1.82) is 0 Å². The van der Waals surface area contributed by atoms with E-state index < -0.39 is 11.7 Å². The van der Waals surface area contributed by atoms with Gasteiger partial charge in [-0.3, -0.25) is 4.79 Å². The van der Waals surface area contributed by atoms with Gasteiger partial charge in [0.1, 0.15) is 11.0 Å². The van der Waals surface area contributed by atoms with Crippen LogP contribution in [0.4, 0.5) is 10.1 Å². The number of halogens is 5. The summed E-state index contributed by atoms with van der Waals surface area (Å²) in [6.07, 6.45) is 0.970. The molecular weight excluding hydrogens is 623 g/mol. The van der Waals surface area contributed by atoms with Crippen LogP contribution in [-0.2, 0) is 0 Å². The third-order valence-corrected chi connectivity index (χ3v) is 4.92. The van der Waals surface area contributed by atoms with Gasteiger partial charge in [-0.05, 0) is 86.0 Å². The first kappa shape index (κ1) is 16.6. The number of pyridine rings is 1. The van der Waals surface area contributed by atoms with Gasteiger partial charge in [-0.15, -0.1) is 0 Å². The molecule has 2 rings (SSSR count). The number of aromatic nitrogens is 1. The van der Waals surface area contributed by atoms with Gasteiger partial charge in [-0.1, -0.05) is 11.6 Å². The Bertz CT molecular complexity index is 673. The molecule has 2 aromatic rings. The Kier molecular flexibility index (Phi) is 5.82. The smallest absolute Gasteiger partial charge is 0.258 e. The molecule has 0 radical (unpaired) electrons. The highest BCUT2D eigenvalue weighted by Gasteiger charge is 2.16. The van der Waals surface area contributed by atoms with Crippen LogP contribution < -0.4 is 5.32 Å². The third kappa shape index (κ3) is 3.91. The van der Waals surface area contributed by atoms with Crippen molar-refractivity contribution in [3.05, 3.63) is 51.6 Å². The van der Waals surface area contributed by atoms with Crippen LogP contribution >= 0.6 is 79.4 Å². The normalized spacial score (nSPS) is 10.4. The SMILES string of the molecule is O=C(Nc1c(I)cc(I)cc1I)c1cc(F)cnc1Cl. The summed E-state index contributed by atoms with van der Waals surface area (Å²) in [6, 6.07) is 4.94. The van der Waals surface area contributed by atoms with Gasteiger partial charge in [0.2, 0.25) is 0 Å². The minimum Gasteiger partial charge on any atom is -0.320 e. The lowest BCUT2D eigenvalue weighted by molar-refractivity contribution is 0.102. The molecule has 1 aromatic carbocycles. The standard InChI is InChI=1S/C12H5ClFI3N2O/c13-11-7(1-5(14)4-18-11)12(20)19-10-8(16)2-6(15)3-9(10)17/h1-4H,(H,19,20). The van der Waals surface area contributed by atoms with E-state index in [-0.39, 0.29) is 10.7 Å². The summed E-state index contributed by atoms with van der Waals surface area (Å²) in [7, 11) is 0. The highest BCUT2D eigenvalue weighted by molar-refractivity contribution is 14.1. The quantitative estimate of drug-likeness (QED) is 0.379. The van der Waals surface area contributed by atoms with Crippen LogP contribution in [0.2, 0.25) is 5.15 Å². The van der Waals surface area contributed by atoms with Crippen LogP contribution in [-0.4, -0.2) is 10.9 Å². The zero-order valence-electron chi connectivity index (χ0n) is 9.55. The van der Waals surface area contributed by atoms with Crippen LogP contribution in [0, 0.1) is 16.5 Å². The second-order valence-corrected chi connectivity index (χ2v) is 7.62. The molecule has 0 unspecified atom stereocenters. The molecule has 0 aliphatic rings. The van der Waals surface area contributed by atoms with Crippen molar-refractivity contribution in [2.24, 2.45) is 0 Å². The maximum atomic E-state index is 13.2. The number of hydrogen-bond donors (Lipinski definition) is 1. The molecule has 0 saturated carbocycles. The fourth-order valence-electron chi connectivity index (χ4n) is 1.42. The Morgan fingerprint density at radius 1 is 1.20 bits per heavy atom. The highest BCUT2D eigenvalue weighted by Crippen LogP contribution is 2.28. The summed E-state index contributed by atoms with van der Waals surface area (Å²) in [6.45, 7) is 0. The lowest BCUT2D eigenvalue weighted by Gasteiger charge is -2.11. The largest absolute Gasteiger partial charge is 0.320 e.